The lowest BCUT2D eigenvalue weighted by Crippen LogP contribution is -2.53. The van der Waals surface area contributed by atoms with Crippen LogP contribution in [-0.4, -0.2) is 72.5 Å². The van der Waals surface area contributed by atoms with Gasteiger partial charge in [-0.25, -0.2) is 4.79 Å². The molecule has 1 aromatic heterocycles. The summed E-state index contributed by atoms with van der Waals surface area (Å²) in [5.74, 6) is -0.0509. The lowest BCUT2D eigenvalue weighted by Gasteiger charge is -2.39. The van der Waals surface area contributed by atoms with Gasteiger partial charge in [0.2, 0.25) is 0 Å². The number of aryl methyl sites for hydroxylation is 1. The Morgan fingerprint density at radius 3 is 2.42 bits per heavy atom. The molecule has 3 heterocycles. The van der Waals surface area contributed by atoms with Crippen LogP contribution >= 0.6 is 0 Å². The summed E-state index contributed by atoms with van der Waals surface area (Å²) in [5, 5.41) is 13.3. The van der Waals surface area contributed by atoms with E-state index in [0.717, 1.165) is 48.1 Å². The van der Waals surface area contributed by atoms with Crippen LogP contribution in [0.3, 0.4) is 0 Å². The largest absolute Gasteiger partial charge is 0.370 e. The number of nitrogens with one attached hydrogen (secondary N) is 1. The molecular weight excluding hydrogens is 416 g/mol. The second-order valence-electron chi connectivity index (χ2n) is 9.32. The molecule has 2 aliphatic rings. The minimum Gasteiger partial charge on any atom is -0.370 e. The number of anilines is 1. The summed E-state index contributed by atoms with van der Waals surface area (Å²) in [6, 6.07) is 8.50. The van der Waals surface area contributed by atoms with Crippen molar-refractivity contribution in [2.75, 3.05) is 50.7 Å². The molecule has 0 spiro atoms. The number of amides is 3. The van der Waals surface area contributed by atoms with Crippen LogP contribution < -0.4 is 10.2 Å². The number of rotatable bonds is 3. The molecule has 33 heavy (non-hydrogen) atoms. The van der Waals surface area contributed by atoms with E-state index in [0.29, 0.717) is 38.3 Å². The number of carbonyl (C=O) groups is 2. The van der Waals surface area contributed by atoms with E-state index in [1.54, 1.807) is 11.1 Å². The van der Waals surface area contributed by atoms with Crippen LogP contribution in [0.4, 0.5) is 10.5 Å². The number of aromatic nitrogens is 1. The van der Waals surface area contributed by atoms with Crippen LogP contribution in [0.15, 0.2) is 24.4 Å². The number of benzene rings is 1. The lowest BCUT2D eigenvalue weighted by atomic mass is 9.81. The fourth-order valence-corrected chi connectivity index (χ4v) is 4.67. The molecule has 2 aliphatic heterocycles. The first-order valence-electron chi connectivity index (χ1n) is 11.7. The number of nitrogens with zero attached hydrogens (tertiary/aromatic N) is 5. The van der Waals surface area contributed by atoms with Crippen molar-refractivity contribution in [1.82, 2.24) is 20.1 Å². The van der Waals surface area contributed by atoms with Crippen molar-refractivity contribution in [3.63, 3.8) is 0 Å². The highest BCUT2D eigenvalue weighted by Crippen LogP contribution is 2.37. The minimum atomic E-state index is -0.325. The third-order valence-corrected chi connectivity index (χ3v) is 6.86. The molecule has 0 aliphatic carbocycles. The van der Waals surface area contributed by atoms with Crippen molar-refractivity contribution in [1.29, 1.82) is 5.26 Å². The normalized spacial score (nSPS) is 18.2. The van der Waals surface area contributed by atoms with Crippen LogP contribution in [0.2, 0.25) is 0 Å². The van der Waals surface area contributed by atoms with Crippen molar-refractivity contribution < 1.29 is 9.59 Å². The van der Waals surface area contributed by atoms with Crippen LogP contribution in [0.1, 0.15) is 42.6 Å². The quantitative estimate of drug-likeness (QED) is 0.779. The third kappa shape index (κ3) is 4.58. The van der Waals surface area contributed by atoms with Crippen LogP contribution in [0.5, 0.6) is 0 Å². The first-order chi connectivity index (χ1) is 15.8. The van der Waals surface area contributed by atoms with E-state index in [-0.39, 0.29) is 17.4 Å². The summed E-state index contributed by atoms with van der Waals surface area (Å²) in [6.45, 7) is 10.00. The number of nitriles is 1. The van der Waals surface area contributed by atoms with Gasteiger partial charge in [-0.2, -0.15) is 5.26 Å². The van der Waals surface area contributed by atoms with Crippen LogP contribution in [0, 0.1) is 23.7 Å². The first kappa shape index (κ1) is 22.8. The molecule has 0 unspecified atom stereocenters. The van der Waals surface area contributed by atoms with Gasteiger partial charge in [0.05, 0.1) is 28.3 Å². The Morgan fingerprint density at radius 2 is 1.79 bits per heavy atom. The molecule has 3 amide bonds. The fraction of sp³-hybridized carbons (Fsp3) is 0.520. The maximum Gasteiger partial charge on any atom is 0.317 e. The van der Waals surface area contributed by atoms with E-state index in [4.69, 9.17) is 0 Å². The van der Waals surface area contributed by atoms with E-state index in [1.165, 1.54) is 0 Å². The van der Waals surface area contributed by atoms with E-state index in [9.17, 15) is 14.9 Å². The average Bonchev–Trinajstić information content (AvgIpc) is 2.84. The summed E-state index contributed by atoms with van der Waals surface area (Å²) in [6.07, 6.45) is 3.22. The highest BCUT2D eigenvalue weighted by Gasteiger charge is 2.33. The van der Waals surface area contributed by atoms with Gasteiger partial charge in [0, 0.05) is 57.4 Å². The smallest absolute Gasteiger partial charge is 0.317 e. The maximum absolute atomic E-state index is 13.7. The van der Waals surface area contributed by atoms with Crippen molar-refractivity contribution in [2.45, 2.75) is 33.6 Å². The summed E-state index contributed by atoms with van der Waals surface area (Å²) < 4.78 is 0. The molecule has 0 radical (unpaired) electrons. The zero-order valence-corrected chi connectivity index (χ0v) is 19.7. The number of fused-ring (bicyclic) bond motifs is 1. The van der Waals surface area contributed by atoms with Gasteiger partial charge in [-0.15, -0.1) is 0 Å². The summed E-state index contributed by atoms with van der Waals surface area (Å²) in [5.41, 5.74) is 3.17. The molecule has 1 N–H and O–H groups in total. The van der Waals surface area contributed by atoms with Crippen LogP contribution in [-0.2, 0) is 0 Å². The summed E-state index contributed by atoms with van der Waals surface area (Å²) in [7, 11) is 0. The predicted octanol–water partition coefficient (Wildman–Crippen LogP) is 3.16. The number of hydrogen-bond donors (Lipinski definition) is 1. The molecule has 2 fully saturated rings. The summed E-state index contributed by atoms with van der Waals surface area (Å²) in [4.78, 5) is 36.2. The Kier molecular flexibility index (Phi) is 6.41. The number of pyridine rings is 1. The zero-order valence-electron chi connectivity index (χ0n) is 19.7. The minimum absolute atomic E-state index is 0.0509. The van der Waals surface area contributed by atoms with Gasteiger partial charge in [0.25, 0.3) is 5.91 Å². The van der Waals surface area contributed by atoms with E-state index in [1.807, 2.05) is 37.8 Å². The molecule has 8 heteroatoms. The number of hydrogen-bond acceptors (Lipinski definition) is 5. The zero-order chi connectivity index (χ0) is 23.6. The number of carbonyl (C=O) groups excluding carboxylic acids is 2. The number of urea groups is 1. The molecule has 0 atom stereocenters. The number of piperazine rings is 1. The Balaban J connectivity index is 1.64. The topological polar surface area (TPSA) is 92.6 Å². The third-order valence-electron chi connectivity index (χ3n) is 6.86. The molecule has 8 nitrogen and oxygen atoms in total. The molecule has 0 bridgehead atoms. The number of piperidine rings is 1. The van der Waals surface area contributed by atoms with E-state index < -0.39 is 0 Å². The highest BCUT2D eigenvalue weighted by atomic mass is 16.2. The second kappa shape index (κ2) is 9.26. The Labute approximate surface area is 195 Å². The van der Waals surface area contributed by atoms with Crippen LogP contribution in [0.25, 0.3) is 10.9 Å². The van der Waals surface area contributed by atoms with Gasteiger partial charge in [-0.3, -0.25) is 9.78 Å². The molecule has 174 valence electrons. The van der Waals surface area contributed by atoms with Gasteiger partial charge in [0.15, 0.2) is 0 Å². The fourth-order valence-electron chi connectivity index (χ4n) is 4.67. The predicted molar refractivity (Wildman–Crippen MR) is 128 cm³/mol. The Bertz CT molecular complexity index is 1090. The Morgan fingerprint density at radius 1 is 1.12 bits per heavy atom. The second-order valence-corrected chi connectivity index (χ2v) is 9.32. The van der Waals surface area contributed by atoms with Crippen molar-refractivity contribution in [2.24, 2.45) is 5.41 Å². The summed E-state index contributed by atoms with van der Waals surface area (Å²) >= 11 is 0. The monoisotopic (exact) mass is 448 g/mol. The molecular formula is C25H32N6O2. The molecule has 2 saturated heterocycles. The first-order valence-corrected chi connectivity index (χ1v) is 11.7. The lowest BCUT2D eigenvalue weighted by molar-refractivity contribution is 0.0665. The molecule has 0 saturated carbocycles. The average molecular weight is 449 g/mol. The van der Waals surface area contributed by atoms with Gasteiger partial charge in [-0.1, -0.05) is 11.6 Å². The van der Waals surface area contributed by atoms with E-state index >= 15 is 0 Å². The maximum atomic E-state index is 13.7. The van der Waals surface area contributed by atoms with Gasteiger partial charge in [0.1, 0.15) is 0 Å². The Hall–Kier alpha value is -3.34. The molecule has 1 aromatic carbocycles. The standard InChI is InChI=1S/C25H32N6O2/c1-4-27-24(33)31-13-11-30(12-14-31)23(32)20-16-28-21-6-5-18(2)15-19(21)22(20)29-9-7-25(3,17-26)8-10-29/h5-6,15-16H,4,7-14H2,1-3H3,(H,27,33). The highest BCUT2D eigenvalue weighted by molar-refractivity contribution is 6.07. The van der Waals surface area contributed by atoms with E-state index in [2.05, 4.69) is 27.3 Å². The van der Waals surface area contributed by atoms with Crippen molar-refractivity contribution in [3.05, 3.63) is 35.5 Å². The SMILES string of the molecule is CCNC(=O)N1CCN(C(=O)c2cnc3ccc(C)cc3c2N2CCC(C)(C#N)CC2)CC1. The van der Waals surface area contributed by atoms with Crippen molar-refractivity contribution in [3.8, 4) is 6.07 Å². The van der Waals surface area contributed by atoms with Gasteiger partial charge < -0.3 is 20.0 Å². The van der Waals surface area contributed by atoms with Gasteiger partial charge in [-0.05, 0) is 45.7 Å². The van der Waals surface area contributed by atoms with Crippen molar-refractivity contribution >= 4 is 28.5 Å². The molecule has 4 rings (SSSR count). The van der Waals surface area contributed by atoms with Gasteiger partial charge >= 0.3 is 6.03 Å². The molecule has 2 aromatic rings.